The lowest BCUT2D eigenvalue weighted by atomic mass is 10.1. The Labute approximate surface area is 304 Å². The van der Waals surface area contributed by atoms with Gasteiger partial charge in [-0.3, -0.25) is 9.59 Å². The number of allylic oxidation sites excluding steroid dienone is 14. The summed E-state index contributed by atoms with van der Waals surface area (Å²) in [7, 11) is 0. The molecule has 0 bridgehead atoms. The lowest BCUT2D eigenvalue weighted by molar-refractivity contribution is -0.145. The van der Waals surface area contributed by atoms with Gasteiger partial charge < -0.3 is 20.9 Å². The number of carboxylic acid groups (broad SMARTS) is 1. The summed E-state index contributed by atoms with van der Waals surface area (Å²) in [5.74, 6) is -1.45. The number of unbranched alkanes of at least 4 members (excludes halogenated alkanes) is 6. The van der Waals surface area contributed by atoms with E-state index in [4.69, 9.17) is 10.5 Å². The van der Waals surface area contributed by atoms with Crippen LogP contribution < -0.4 is 11.1 Å². The SMILES string of the molecule is CC/C=C\C/C=C\C/C=C\C/C=C\C/C=C\CCCCCC(=O)OC(/C=C\C/C=C\CC)/C=C\CCCCCC(=O)NC(CCCN)C(=O)O. The second-order valence-corrected chi connectivity index (χ2v) is 12.2. The number of hydrogen-bond acceptors (Lipinski definition) is 5. The van der Waals surface area contributed by atoms with E-state index in [0.29, 0.717) is 38.6 Å². The van der Waals surface area contributed by atoms with Crippen molar-refractivity contribution in [2.24, 2.45) is 5.73 Å². The summed E-state index contributed by atoms with van der Waals surface area (Å²) in [5.41, 5.74) is 5.45. The van der Waals surface area contributed by atoms with E-state index in [2.05, 4.69) is 92.1 Å². The minimum Gasteiger partial charge on any atom is -0.480 e. The molecule has 0 aromatic heterocycles. The average molecular weight is 693 g/mol. The van der Waals surface area contributed by atoms with Gasteiger partial charge in [-0.15, -0.1) is 0 Å². The number of esters is 1. The Morgan fingerprint density at radius 2 is 1.08 bits per heavy atom. The third kappa shape index (κ3) is 32.8. The van der Waals surface area contributed by atoms with Gasteiger partial charge in [-0.25, -0.2) is 4.79 Å². The number of carboxylic acids is 1. The molecule has 7 nitrogen and oxygen atoms in total. The predicted molar refractivity (Wildman–Crippen MR) is 211 cm³/mol. The number of rotatable bonds is 32. The Balaban J connectivity index is 4.29. The van der Waals surface area contributed by atoms with Crippen LogP contribution in [-0.2, 0) is 19.1 Å². The summed E-state index contributed by atoms with van der Waals surface area (Å²) in [6, 6.07) is -0.881. The van der Waals surface area contributed by atoms with Gasteiger partial charge in [0, 0.05) is 12.8 Å². The molecule has 0 aromatic carbocycles. The fourth-order valence-corrected chi connectivity index (χ4v) is 4.79. The van der Waals surface area contributed by atoms with Crippen molar-refractivity contribution in [3.05, 3.63) is 97.2 Å². The van der Waals surface area contributed by atoms with Crippen LogP contribution in [0, 0.1) is 0 Å². The van der Waals surface area contributed by atoms with Crippen LogP contribution in [0.3, 0.4) is 0 Å². The zero-order valence-electron chi connectivity index (χ0n) is 31.2. The molecule has 0 fully saturated rings. The van der Waals surface area contributed by atoms with Crippen LogP contribution in [0.2, 0.25) is 0 Å². The van der Waals surface area contributed by atoms with Crippen LogP contribution in [0.4, 0.5) is 0 Å². The Kier molecular flexibility index (Phi) is 33.9. The first-order valence-electron chi connectivity index (χ1n) is 19.1. The first-order chi connectivity index (χ1) is 24.4. The summed E-state index contributed by atoms with van der Waals surface area (Å²) >= 11 is 0. The zero-order chi connectivity index (χ0) is 36.8. The molecule has 2 atom stereocenters. The summed E-state index contributed by atoms with van der Waals surface area (Å²) in [5, 5.41) is 11.8. The highest BCUT2D eigenvalue weighted by molar-refractivity contribution is 5.83. The van der Waals surface area contributed by atoms with Crippen LogP contribution >= 0.6 is 0 Å². The molecule has 0 aromatic rings. The first kappa shape index (κ1) is 46.3. The van der Waals surface area contributed by atoms with Gasteiger partial charge in [0.2, 0.25) is 5.91 Å². The molecule has 4 N–H and O–H groups in total. The molecule has 0 rings (SSSR count). The smallest absolute Gasteiger partial charge is 0.326 e. The van der Waals surface area contributed by atoms with Crippen molar-refractivity contribution in [3.63, 3.8) is 0 Å². The maximum Gasteiger partial charge on any atom is 0.326 e. The zero-order valence-corrected chi connectivity index (χ0v) is 31.2. The van der Waals surface area contributed by atoms with Crippen molar-refractivity contribution in [1.82, 2.24) is 5.32 Å². The first-order valence-corrected chi connectivity index (χ1v) is 19.1. The fraction of sp³-hybridized carbons (Fsp3) is 0.558. The van der Waals surface area contributed by atoms with Gasteiger partial charge >= 0.3 is 11.9 Å². The number of amides is 1. The third-order valence-corrected chi connectivity index (χ3v) is 7.61. The summed E-state index contributed by atoms with van der Waals surface area (Å²) in [6.07, 6.45) is 49.3. The summed E-state index contributed by atoms with van der Waals surface area (Å²) < 4.78 is 5.76. The molecule has 2 unspecified atom stereocenters. The number of nitrogens with two attached hydrogens (primary N) is 1. The monoisotopic (exact) mass is 693 g/mol. The minimum atomic E-state index is -1.03. The molecule has 0 spiro atoms. The highest BCUT2D eigenvalue weighted by atomic mass is 16.5. The molecule has 0 aliphatic carbocycles. The number of carbonyl (C=O) groups is 3. The molecule has 50 heavy (non-hydrogen) atoms. The Bertz CT molecular complexity index is 1100. The standard InChI is InChI=1S/C43H68N2O5/c1-3-5-7-9-10-11-12-13-14-15-16-17-18-19-20-21-22-27-31-37-42(47)50-39(33-28-24-8-6-4-2)34-29-25-23-26-30-36-41(46)45-40(43(48)49)35-32-38-44/h5-8,10-11,13-14,16-17,19-20,28-29,33-34,39-40H,3-4,9,12,15,18,21-27,30-32,35-38,44H2,1-2H3,(H,45,46)(H,48,49)/b7-5-,8-6-,11-10-,14-13-,17-16-,20-19-,33-28-,34-29-. The van der Waals surface area contributed by atoms with E-state index in [0.717, 1.165) is 89.9 Å². The summed E-state index contributed by atoms with van der Waals surface area (Å²) in [4.78, 5) is 36.0. The van der Waals surface area contributed by atoms with Gasteiger partial charge in [0.1, 0.15) is 12.1 Å². The van der Waals surface area contributed by atoms with E-state index >= 15 is 0 Å². The van der Waals surface area contributed by atoms with Gasteiger partial charge in [-0.2, -0.15) is 0 Å². The van der Waals surface area contributed by atoms with Crippen molar-refractivity contribution >= 4 is 17.8 Å². The van der Waals surface area contributed by atoms with E-state index in [-0.39, 0.29) is 11.9 Å². The van der Waals surface area contributed by atoms with Crippen molar-refractivity contribution in [1.29, 1.82) is 0 Å². The number of nitrogens with one attached hydrogen (secondary N) is 1. The lowest BCUT2D eigenvalue weighted by Crippen LogP contribution is -2.40. The van der Waals surface area contributed by atoms with Crippen molar-refractivity contribution in [2.45, 2.75) is 148 Å². The Hall–Kier alpha value is -3.71. The van der Waals surface area contributed by atoms with Gasteiger partial charge in [0.25, 0.3) is 0 Å². The van der Waals surface area contributed by atoms with Gasteiger partial charge in [0.15, 0.2) is 0 Å². The van der Waals surface area contributed by atoms with Crippen LogP contribution in [-0.4, -0.2) is 41.6 Å². The number of ether oxygens (including phenoxy) is 1. The number of carbonyl (C=O) groups excluding carboxylic acids is 2. The summed E-state index contributed by atoms with van der Waals surface area (Å²) in [6.45, 7) is 4.64. The van der Waals surface area contributed by atoms with Gasteiger partial charge in [0.05, 0.1) is 0 Å². The van der Waals surface area contributed by atoms with Crippen molar-refractivity contribution in [2.75, 3.05) is 6.54 Å². The maximum atomic E-state index is 12.6. The third-order valence-electron chi connectivity index (χ3n) is 7.61. The molecule has 0 saturated heterocycles. The van der Waals surface area contributed by atoms with Crippen molar-refractivity contribution < 1.29 is 24.2 Å². The molecule has 0 radical (unpaired) electrons. The molecule has 1 amide bonds. The topological polar surface area (TPSA) is 119 Å². The number of hydrogen-bond donors (Lipinski definition) is 3. The van der Waals surface area contributed by atoms with Crippen molar-refractivity contribution in [3.8, 4) is 0 Å². The Morgan fingerprint density at radius 3 is 1.62 bits per heavy atom. The molecule has 0 heterocycles. The number of aliphatic carboxylic acids is 1. The predicted octanol–water partition coefficient (Wildman–Crippen LogP) is 10.3. The van der Waals surface area contributed by atoms with E-state index in [1.165, 1.54) is 0 Å². The molecule has 0 aliphatic heterocycles. The van der Waals surface area contributed by atoms with Crippen LogP contribution in [0.5, 0.6) is 0 Å². The van der Waals surface area contributed by atoms with E-state index in [9.17, 15) is 19.5 Å². The highest BCUT2D eigenvalue weighted by Crippen LogP contribution is 2.10. The molecule has 7 heteroatoms. The van der Waals surface area contributed by atoms with Crippen LogP contribution in [0.1, 0.15) is 136 Å². The largest absolute Gasteiger partial charge is 0.480 e. The molecule has 0 saturated carbocycles. The minimum absolute atomic E-state index is 0.180. The normalized spacial score (nSPS) is 13.8. The average Bonchev–Trinajstić information content (AvgIpc) is 3.10. The molecular formula is C43H68N2O5. The quantitative estimate of drug-likeness (QED) is 0.0367. The fourth-order valence-electron chi connectivity index (χ4n) is 4.79. The van der Waals surface area contributed by atoms with Gasteiger partial charge in [-0.1, -0.05) is 112 Å². The molecule has 280 valence electrons. The second-order valence-electron chi connectivity index (χ2n) is 12.2. The lowest BCUT2D eigenvalue weighted by Gasteiger charge is -2.13. The highest BCUT2D eigenvalue weighted by Gasteiger charge is 2.18. The second kappa shape index (κ2) is 36.6. The molecule has 0 aliphatic rings. The van der Waals surface area contributed by atoms with E-state index in [1.54, 1.807) is 0 Å². The Morgan fingerprint density at radius 1 is 0.600 bits per heavy atom. The van der Waals surface area contributed by atoms with Gasteiger partial charge in [-0.05, 0) is 115 Å². The van der Waals surface area contributed by atoms with E-state index < -0.39 is 18.1 Å². The van der Waals surface area contributed by atoms with E-state index in [1.807, 2.05) is 24.3 Å². The van der Waals surface area contributed by atoms with Crippen LogP contribution in [0.25, 0.3) is 0 Å². The van der Waals surface area contributed by atoms with Crippen LogP contribution in [0.15, 0.2) is 97.2 Å². The molecular weight excluding hydrogens is 624 g/mol. The maximum absolute atomic E-state index is 12.6.